The van der Waals surface area contributed by atoms with E-state index >= 15 is 0 Å². The predicted octanol–water partition coefficient (Wildman–Crippen LogP) is 2.09. The van der Waals surface area contributed by atoms with E-state index in [4.69, 9.17) is 5.11 Å². The lowest BCUT2D eigenvalue weighted by molar-refractivity contribution is 0.0697. The van der Waals surface area contributed by atoms with E-state index in [1.54, 1.807) is 4.90 Å². The fourth-order valence-electron chi connectivity index (χ4n) is 1.78. The highest BCUT2D eigenvalue weighted by Crippen LogP contribution is 2.26. The minimum atomic E-state index is -1.03. The minimum absolute atomic E-state index is 0.149. The summed E-state index contributed by atoms with van der Waals surface area (Å²) in [5, 5.41) is 9.05. The lowest BCUT2D eigenvalue weighted by atomic mass is 10.2. The number of anilines is 1. The van der Waals surface area contributed by atoms with Crippen molar-refractivity contribution in [3.63, 3.8) is 0 Å². The Hall–Kier alpha value is -1.17. The molecule has 1 aromatic heterocycles. The van der Waals surface area contributed by atoms with Crippen molar-refractivity contribution >= 4 is 27.6 Å². The zero-order valence-corrected chi connectivity index (χ0v) is 9.95. The van der Waals surface area contributed by atoms with Gasteiger partial charge in [-0.1, -0.05) is 0 Å². The average Bonchev–Trinajstić information content (AvgIpc) is 2.64. The molecule has 4 nitrogen and oxygen atoms in total. The molecule has 0 aromatic carbocycles. The van der Waals surface area contributed by atoms with E-state index in [9.17, 15) is 9.18 Å². The molecule has 16 heavy (non-hydrogen) atoms. The second kappa shape index (κ2) is 4.37. The maximum Gasteiger partial charge on any atom is 0.337 e. The lowest BCUT2D eigenvalue weighted by Crippen LogP contribution is -2.22. The molecule has 1 saturated heterocycles. The van der Waals surface area contributed by atoms with Crippen LogP contribution in [0.25, 0.3) is 0 Å². The van der Waals surface area contributed by atoms with Crippen LogP contribution in [0.2, 0.25) is 0 Å². The van der Waals surface area contributed by atoms with Crippen LogP contribution < -0.4 is 4.90 Å². The van der Waals surface area contributed by atoms with Gasteiger partial charge in [-0.05, 0) is 28.4 Å². The van der Waals surface area contributed by atoms with Gasteiger partial charge in [0.1, 0.15) is 10.8 Å². The molecule has 0 unspecified atom stereocenters. The summed E-state index contributed by atoms with van der Waals surface area (Å²) in [5.74, 6) is -1.03. The first-order valence-corrected chi connectivity index (χ1v) is 5.65. The Balaban J connectivity index is 2.36. The number of carboxylic acids is 1. The number of nitrogens with zero attached hydrogens (tertiary/aromatic N) is 2. The summed E-state index contributed by atoms with van der Waals surface area (Å²) >= 11 is 3.12. The Morgan fingerprint density at radius 3 is 3.00 bits per heavy atom. The maximum atomic E-state index is 13.1. The minimum Gasteiger partial charge on any atom is -0.478 e. The first-order chi connectivity index (χ1) is 7.58. The fraction of sp³-hybridized carbons (Fsp3) is 0.400. The molecular formula is C10H10BrFN2O2. The molecule has 1 aromatic rings. The lowest BCUT2D eigenvalue weighted by Gasteiger charge is -2.19. The van der Waals surface area contributed by atoms with Crippen LogP contribution in [0, 0.1) is 0 Å². The van der Waals surface area contributed by atoms with Gasteiger partial charge in [-0.25, -0.2) is 14.2 Å². The molecule has 0 spiro atoms. The third kappa shape index (κ3) is 2.16. The number of halogens is 2. The summed E-state index contributed by atoms with van der Waals surface area (Å²) in [6.45, 7) is 0.772. The third-order valence-corrected chi connectivity index (χ3v) is 2.99. The number of rotatable bonds is 2. The summed E-state index contributed by atoms with van der Waals surface area (Å²) in [7, 11) is 0. The van der Waals surface area contributed by atoms with Gasteiger partial charge in [0.15, 0.2) is 0 Å². The molecule has 2 heterocycles. The van der Waals surface area contributed by atoms with Crippen molar-refractivity contribution in [1.29, 1.82) is 0 Å². The van der Waals surface area contributed by atoms with Crippen LogP contribution in [0.15, 0.2) is 16.9 Å². The van der Waals surface area contributed by atoms with Gasteiger partial charge in [-0.3, -0.25) is 0 Å². The highest BCUT2D eigenvalue weighted by molar-refractivity contribution is 9.10. The monoisotopic (exact) mass is 288 g/mol. The van der Waals surface area contributed by atoms with Crippen LogP contribution >= 0.6 is 15.9 Å². The summed E-state index contributed by atoms with van der Waals surface area (Å²) in [6.07, 6.45) is 1.02. The van der Waals surface area contributed by atoms with Crippen LogP contribution in [0.5, 0.6) is 0 Å². The number of hydrogen-bond acceptors (Lipinski definition) is 3. The van der Waals surface area contributed by atoms with Crippen LogP contribution in [0.3, 0.4) is 0 Å². The molecule has 1 aliphatic rings. The van der Waals surface area contributed by atoms with Crippen LogP contribution in [0.1, 0.15) is 16.8 Å². The van der Waals surface area contributed by atoms with Gasteiger partial charge in [0, 0.05) is 13.1 Å². The first-order valence-electron chi connectivity index (χ1n) is 4.86. The summed E-state index contributed by atoms with van der Waals surface area (Å²) in [4.78, 5) is 16.7. The number of alkyl halides is 1. The van der Waals surface area contributed by atoms with Gasteiger partial charge < -0.3 is 10.0 Å². The molecule has 0 aliphatic carbocycles. The Labute approximate surface area is 100 Å². The van der Waals surface area contributed by atoms with Crippen molar-refractivity contribution < 1.29 is 14.3 Å². The van der Waals surface area contributed by atoms with E-state index in [1.165, 1.54) is 12.3 Å². The molecule has 0 bridgehead atoms. The molecule has 2 rings (SSSR count). The van der Waals surface area contributed by atoms with E-state index in [-0.39, 0.29) is 12.1 Å². The molecule has 0 amide bonds. The van der Waals surface area contributed by atoms with Gasteiger partial charge in [0.2, 0.25) is 0 Å². The molecule has 1 aliphatic heterocycles. The molecule has 1 N–H and O–H groups in total. The van der Waals surface area contributed by atoms with Crippen LogP contribution in [-0.4, -0.2) is 35.3 Å². The van der Waals surface area contributed by atoms with Gasteiger partial charge in [-0.15, -0.1) is 0 Å². The number of carboxylic acid groups (broad SMARTS) is 1. The second-order valence-corrected chi connectivity index (χ2v) is 4.47. The van der Waals surface area contributed by atoms with Crippen molar-refractivity contribution in [1.82, 2.24) is 4.98 Å². The first kappa shape index (κ1) is 11.3. The Morgan fingerprint density at radius 1 is 1.69 bits per heavy atom. The van der Waals surface area contributed by atoms with Crippen molar-refractivity contribution in [3.8, 4) is 0 Å². The maximum absolute atomic E-state index is 13.1. The summed E-state index contributed by atoms with van der Waals surface area (Å²) in [6, 6.07) is 1.43. The zero-order valence-electron chi connectivity index (χ0n) is 8.36. The van der Waals surface area contributed by atoms with Crippen LogP contribution in [-0.2, 0) is 0 Å². The van der Waals surface area contributed by atoms with E-state index in [0.29, 0.717) is 23.3 Å². The summed E-state index contributed by atoms with van der Waals surface area (Å²) < 4.78 is 13.5. The Morgan fingerprint density at radius 2 is 2.44 bits per heavy atom. The van der Waals surface area contributed by atoms with Crippen molar-refractivity contribution in [2.45, 2.75) is 12.6 Å². The predicted molar refractivity (Wildman–Crippen MR) is 60.6 cm³/mol. The van der Waals surface area contributed by atoms with Crippen molar-refractivity contribution in [2.75, 3.05) is 18.0 Å². The van der Waals surface area contributed by atoms with E-state index < -0.39 is 12.1 Å². The Bertz CT molecular complexity index is 427. The standard InChI is InChI=1S/C10H10BrFN2O2/c11-9-3-7(10(15)16)8(4-13-9)14-2-1-6(12)5-14/h3-4,6H,1-2,5H2,(H,15,16)/t6-/m0/s1. The SMILES string of the molecule is O=C(O)c1cc(Br)ncc1N1CC[C@H](F)C1. The van der Waals surface area contributed by atoms with E-state index in [2.05, 4.69) is 20.9 Å². The van der Waals surface area contributed by atoms with Gasteiger partial charge in [0.25, 0.3) is 0 Å². The number of carbonyl (C=O) groups is 1. The van der Waals surface area contributed by atoms with Gasteiger partial charge in [-0.2, -0.15) is 0 Å². The molecule has 86 valence electrons. The van der Waals surface area contributed by atoms with Gasteiger partial charge >= 0.3 is 5.97 Å². The fourth-order valence-corrected chi connectivity index (χ4v) is 2.11. The quantitative estimate of drug-likeness (QED) is 0.847. The number of hydrogen-bond donors (Lipinski definition) is 1. The van der Waals surface area contributed by atoms with Crippen molar-refractivity contribution in [3.05, 3.63) is 22.4 Å². The molecular weight excluding hydrogens is 279 g/mol. The number of pyridine rings is 1. The molecule has 6 heteroatoms. The second-order valence-electron chi connectivity index (χ2n) is 3.66. The molecule has 1 atom stereocenters. The smallest absolute Gasteiger partial charge is 0.337 e. The highest BCUT2D eigenvalue weighted by atomic mass is 79.9. The normalized spacial score (nSPS) is 20.1. The average molecular weight is 289 g/mol. The Kier molecular flexibility index (Phi) is 3.09. The van der Waals surface area contributed by atoms with E-state index in [1.807, 2.05) is 0 Å². The van der Waals surface area contributed by atoms with Crippen molar-refractivity contribution in [2.24, 2.45) is 0 Å². The number of aromatic carboxylic acids is 1. The van der Waals surface area contributed by atoms with Gasteiger partial charge in [0.05, 0.1) is 17.4 Å². The topological polar surface area (TPSA) is 53.4 Å². The summed E-state index contributed by atoms with van der Waals surface area (Å²) in [5.41, 5.74) is 0.631. The number of aromatic nitrogens is 1. The largest absolute Gasteiger partial charge is 0.478 e. The molecule has 0 radical (unpaired) electrons. The zero-order chi connectivity index (χ0) is 11.7. The highest BCUT2D eigenvalue weighted by Gasteiger charge is 2.25. The van der Waals surface area contributed by atoms with E-state index in [0.717, 1.165) is 0 Å². The molecule has 1 fully saturated rings. The molecule has 0 saturated carbocycles. The van der Waals surface area contributed by atoms with Crippen LogP contribution in [0.4, 0.5) is 10.1 Å². The third-order valence-electron chi connectivity index (χ3n) is 2.55.